The average Bonchev–Trinajstić information content (AvgIpc) is 2.53. The Bertz CT molecular complexity index is 749. The third-order valence-electron chi connectivity index (χ3n) is 3.71. The zero-order valence-corrected chi connectivity index (χ0v) is 12.2. The van der Waals surface area contributed by atoms with Crippen molar-refractivity contribution < 1.29 is 22.7 Å². The largest absolute Gasteiger partial charge is 0.481 e. The van der Waals surface area contributed by atoms with Gasteiger partial charge in [0, 0.05) is 12.6 Å². The lowest BCUT2D eigenvalue weighted by Crippen LogP contribution is -2.39. The highest BCUT2D eigenvalue weighted by atomic mass is 19.1. The first kappa shape index (κ1) is 15.4. The lowest BCUT2D eigenvalue weighted by molar-refractivity contribution is -0.120. The molecule has 3 rings (SSSR count). The van der Waals surface area contributed by atoms with Crippen molar-refractivity contribution in [1.82, 2.24) is 0 Å². The molecule has 0 fully saturated rings. The van der Waals surface area contributed by atoms with E-state index in [0.717, 1.165) is 17.7 Å². The zero-order valence-electron chi connectivity index (χ0n) is 12.2. The van der Waals surface area contributed by atoms with Gasteiger partial charge in [-0.1, -0.05) is 12.1 Å². The fraction of sp³-hybridized carbons (Fsp3) is 0.235. The molecule has 0 bridgehead atoms. The fourth-order valence-corrected chi connectivity index (χ4v) is 2.66. The van der Waals surface area contributed by atoms with Gasteiger partial charge in [0.1, 0.15) is 11.6 Å². The number of ether oxygens (including phenoxy) is 1. The predicted molar refractivity (Wildman–Crippen MR) is 78.9 cm³/mol. The molecule has 0 saturated heterocycles. The molecule has 2 aromatic carbocycles. The number of fused-ring (bicyclic) bond motifs is 1. The summed E-state index contributed by atoms with van der Waals surface area (Å²) in [5, 5.41) is 0. The number of halogens is 3. The SMILES string of the molecule is O=C(COc1ccc(F)cc1F)N1CCCc2cccc(F)c21. The van der Waals surface area contributed by atoms with Crippen LogP contribution >= 0.6 is 0 Å². The second kappa shape index (κ2) is 6.32. The highest BCUT2D eigenvalue weighted by Crippen LogP contribution is 2.30. The number of para-hydroxylation sites is 1. The minimum Gasteiger partial charge on any atom is -0.481 e. The number of nitrogens with zero attached hydrogens (tertiary/aromatic N) is 1. The lowest BCUT2D eigenvalue weighted by Gasteiger charge is -2.29. The summed E-state index contributed by atoms with van der Waals surface area (Å²) in [4.78, 5) is 13.6. The van der Waals surface area contributed by atoms with E-state index in [2.05, 4.69) is 0 Å². The van der Waals surface area contributed by atoms with E-state index in [1.165, 1.54) is 11.0 Å². The number of amides is 1. The Balaban J connectivity index is 1.75. The molecule has 0 radical (unpaired) electrons. The van der Waals surface area contributed by atoms with Gasteiger partial charge < -0.3 is 9.64 Å². The fourth-order valence-electron chi connectivity index (χ4n) is 2.66. The van der Waals surface area contributed by atoms with Gasteiger partial charge in [0.15, 0.2) is 18.2 Å². The summed E-state index contributed by atoms with van der Waals surface area (Å²) in [5.41, 5.74) is 1.02. The summed E-state index contributed by atoms with van der Waals surface area (Å²) in [5.74, 6) is -2.77. The van der Waals surface area contributed by atoms with Gasteiger partial charge in [0.05, 0.1) is 5.69 Å². The topological polar surface area (TPSA) is 29.5 Å². The smallest absolute Gasteiger partial charge is 0.265 e. The van der Waals surface area contributed by atoms with Gasteiger partial charge in [-0.05, 0) is 36.6 Å². The van der Waals surface area contributed by atoms with E-state index in [-0.39, 0.29) is 11.4 Å². The summed E-state index contributed by atoms with van der Waals surface area (Å²) in [6.07, 6.45) is 1.41. The summed E-state index contributed by atoms with van der Waals surface area (Å²) in [7, 11) is 0. The summed E-state index contributed by atoms with van der Waals surface area (Å²) < 4.78 is 45.5. The molecule has 1 aliphatic rings. The Morgan fingerprint density at radius 1 is 1.13 bits per heavy atom. The maximum absolute atomic E-state index is 14.0. The third kappa shape index (κ3) is 3.16. The molecule has 0 spiro atoms. The molecule has 23 heavy (non-hydrogen) atoms. The molecule has 3 nitrogen and oxygen atoms in total. The van der Waals surface area contributed by atoms with Crippen LogP contribution in [0.3, 0.4) is 0 Å². The molecule has 0 atom stereocenters. The van der Waals surface area contributed by atoms with Crippen molar-refractivity contribution in [2.45, 2.75) is 12.8 Å². The van der Waals surface area contributed by atoms with Gasteiger partial charge in [-0.25, -0.2) is 13.2 Å². The molecule has 0 aromatic heterocycles. The Morgan fingerprint density at radius 3 is 2.74 bits per heavy atom. The number of carbonyl (C=O) groups is 1. The first-order valence-electron chi connectivity index (χ1n) is 7.22. The second-order valence-electron chi connectivity index (χ2n) is 5.26. The number of carbonyl (C=O) groups excluding carboxylic acids is 1. The van der Waals surface area contributed by atoms with E-state index in [1.807, 2.05) is 0 Å². The van der Waals surface area contributed by atoms with E-state index in [1.54, 1.807) is 12.1 Å². The third-order valence-corrected chi connectivity index (χ3v) is 3.71. The quantitative estimate of drug-likeness (QED) is 0.866. The van der Waals surface area contributed by atoms with E-state index >= 15 is 0 Å². The molecule has 6 heteroatoms. The van der Waals surface area contributed by atoms with E-state index < -0.39 is 30.0 Å². The molecule has 2 aromatic rings. The van der Waals surface area contributed by atoms with Crippen LogP contribution in [-0.2, 0) is 11.2 Å². The highest BCUT2D eigenvalue weighted by Gasteiger charge is 2.26. The summed E-state index contributed by atoms with van der Waals surface area (Å²) >= 11 is 0. The maximum atomic E-state index is 14.0. The molecule has 0 N–H and O–H groups in total. The number of aryl methyl sites for hydroxylation is 1. The number of hydrogen-bond donors (Lipinski definition) is 0. The average molecular weight is 321 g/mol. The molecule has 1 heterocycles. The number of hydrogen-bond acceptors (Lipinski definition) is 2. The first-order chi connectivity index (χ1) is 11.1. The van der Waals surface area contributed by atoms with Crippen molar-refractivity contribution in [3.05, 3.63) is 59.4 Å². The molecule has 0 aliphatic carbocycles. The molecular formula is C17H14F3NO2. The van der Waals surface area contributed by atoms with E-state index in [0.29, 0.717) is 25.5 Å². The highest BCUT2D eigenvalue weighted by molar-refractivity contribution is 5.95. The van der Waals surface area contributed by atoms with Crippen LogP contribution in [-0.4, -0.2) is 19.1 Å². The van der Waals surface area contributed by atoms with Crippen LogP contribution in [0.5, 0.6) is 5.75 Å². The van der Waals surface area contributed by atoms with E-state index in [9.17, 15) is 18.0 Å². The molecular weight excluding hydrogens is 307 g/mol. The number of rotatable bonds is 3. The minimum atomic E-state index is -0.886. The van der Waals surface area contributed by atoms with Gasteiger partial charge in [-0.3, -0.25) is 4.79 Å². The van der Waals surface area contributed by atoms with Gasteiger partial charge in [0.2, 0.25) is 0 Å². The molecule has 120 valence electrons. The monoisotopic (exact) mass is 321 g/mol. The van der Waals surface area contributed by atoms with Crippen LogP contribution in [0.2, 0.25) is 0 Å². The van der Waals surface area contributed by atoms with Crippen molar-refractivity contribution in [3.8, 4) is 5.75 Å². The standard InChI is InChI=1S/C17H14F3NO2/c18-12-6-7-15(14(20)9-12)23-10-16(22)21-8-2-4-11-3-1-5-13(19)17(11)21/h1,3,5-7,9H,2,4,8,10H2. The van der Waals surface area contributed by atoms with Crippen LogP contribution in [0.25, 0.3) is 0 Å². The number of benzene rings is 2. The van der Waals surface area contributed by atoms with Crippen molar-refractivity contribution >= 4 is 11.6 Å². The molecule has 0 saturated carbocycles. The molecule has 1 aliphatic heterocycles. The first-order valence-corrected chi connectivity index (χ1v) is 7.22. The van der Waals surface area contributed by atoms with Crippen LogP contribution < -0.4 is 9.64 Å². The zero-order chi connectivity index (χ0) is 16.4. The summed E-state index contributed by atoms with van der Waals surface area (Å²) in [6.45, 7) is -0.0711. The van der Waals surface area contributed by atoms with Crippen LogP contribution in [0.4, 0.5) is 18.9 Å². The normalized spacial score (nSPS) is 13.6. The van der Waals surface area contributed by atoms with Crippen molar-refractivity contribution in [3.63, 3.8) is 0 Å². The van der Waals surface area contributed by atoms with Gasteiger partial charge in [-0.2, -0.15) is 0 Å². The molecule has 1 amide bonds. The van der Waals surface area contributed by atoms with E-state index in [4.69, 9.17) is 4.74 Å². The van der Waals surface area contributed by atoms with Gasteiger partial charge in [0.25, 0.3) is 5.91 Å². The number of anilines is 1. The molecule has 0 unspecified atom stereocenters. The van der Waals surface area contributed by atoms with Crippen molar-refractivity contribution in [2.24, 2.45) is 0 Å². The Labute approximate surface area is 131 Å². The van der Waals surface area contributed by atoms with Crippen molar-refractivity contribution in [2.75, 3.05) is 18.1 Å². The second-order valence-corrected chi connectivity index (χ2v) is 5.26. The predicted octanol–water partition coefficient (Wildman–Crippen LogP) is 3.46. The van der Waals surface area contributed by atoms with Crippen LogP contribution in [0, 0.1) is 17.5 Å². The van der Waals surface area contributed by atoms with Crippen LogP contribution in [0.1, 0.15) is 12.0 Å². The Kier molecular flexibility index (Phi) is 4.23. The minimum absolute atomic E-state index is 0.217. The van der Waals surface area contributed by atoms with Gasteiger partial charge >= 0.3 is 0 Å². The van der Waals surface area contributed by atoms with Crippen LogP contribution in [0.15, 0.2) is 36.4 Å². The lowest BCUT2D eigenvalue weighted by atomic mass is 10.0. The Morgan fingerprint density at radius 2 is 1.96 bits per heavy atom. The van der Waals surface area contributed by atoms with Gasteiger partial charge in [-0.15, -0.1) is 0 Å². The summed E-state index contributed by atoms with van der Waals surface area (Å²) in [6, 6.07) is 7.51. The van der Waals surface area contributed by atoms with Crippen molar-refractivity contribution in [1.29, 1.82) is 0 Å². The Hall–Kier alpha value is -2.50. The maximum Gasteiger partial charge on any atom is 0.265 e.